The van der Waals surface area contributed by atoms with Crippen LogP contribution in [0.2, 0.25) is 0 Å². The lowest BCUT2D eigenvalue weighted by Gasteiger charge is -2.04. The van der Waals surface area contributed by atoms with E-state index in [1.165, 1.54) is 20.3 Å². The molecule has 0 heterocycles. The molecule has 118 valence electrons. The van der Waals surface area contributed by atoms with Crippen molar-refractivity contribution in [1.82, 2.24) is 0 Å². The number of rotatable bonds is 5. The highest BCUT2D eigenvalue weighted by Crippen LogP contribution is 2.15. The SMILES string of the molecule is COC(=O)C(=Cc1ccc(/C=C/C2C=CC=C2)cc1)C(=O)OC. The number of allylic oxidation sites excluding steroid dienone is 5. The van der Waals surface area contributed by atoms with Crippen molar-refractivity contribution in [2.45, 2.75) is 0 Å². The van der Waals surface area contributed by atoms with Crippen LogP contribution in [0.5, 0.6) is 0 Å². The molecule has 2 rings (SSSR count). The van der Waals surface area contributed by atoms with E-state index in [4.69, 9.17) is 0 Å². The molecule has 0 bridgehead atoms. The zero-order chi connectivity index (χ0) is 16.7. The maximum Gasteiger partial charge on any atom is 0.345 e. The lowest BCUT2D eigenvalue weighted by Crippen LogP contribution is -2.15. The second kappa shape index (κ2) is 7.94. The van der Waals surface area contributed by atoms with Gasteiger partial charge in [-0.15, -0.1) is 0 Å². The number of carbonyl (C=O) groups excluding carboxylic acids is 2. The van der Waals surface area contributed by atoms with Crippen LogP contribution in [0.1, 0.15) is 11.1 Å². The fraction of sp³-hybridized carbons (Fsp3) is 0.158. The molecular weight excluding hydrogens is 292 g/mol. The van der Waals surface area contributed by atoms with Crippen LogP contribution in [-0.4, -0.2) is 26.2 Å². The van der Waals surface area contributed by atoms with Crippen LogP contribution in [0.15, 0.2) is 60.2 Å². The summed E-state index contributed by atoms with van der Waals surface area (Å²) in [4.78, 5) is 23.2. The second-order valence-corrected chi connectivity index (χ2v) is 4.91. The zero-order valence-corrected chi connectivity index (χ0v) is 13.1. The second-order valence-electron chi connectivity index (χ2n) is 4.91. The molecule has 0 saturated carbocycles. The topological polar surface area (TPSA) is 52.6 Å². The summed E-state index contributed by atoms with van der Waals surface area (Å²) in [7, 11) is 2.44. The third kappa shape index (κ3) is 4.54. The minimum absolute atomic E-state index is 0.139. The molecule has 23 heavy (non-hydrogen) atoms. The van der Waals surface area contributed by atoms with Crippen LogP contribution in [0.3, 0.4) is 0 Å². The first-order chi connectivity index (χ1) is 11.1. The smallest absolute Gasteiger partial charge is 0.345 e. The molecule has 0 N–H and O–H groups in total. The number of benzene rings is 1. The predicted molar refractivity (Wildman–Crippen MR) is 89.3 cm³/mol. The number of hydrogen-bond acceptors (Lipinski definition) is 4. The molecule has 0 radical (unpaired) electrons. The number of esters is 2. The quantitative estimate of drug-likeness (QED) is 0.363. The highest BCUT2D eigenvalue weighted by atomic mass is 16.5. The third-order valence-corrected chi connectivity index (χ3v) is 3.35. The van der Waals surface area contributed by atoms with E-state index in [1.54, 1.807) is 0 Å². The lowest BCUT2D eigenvalue weighted by molar-refractivity contribution is -0.143. The minimum atomic E-state index is -0.722. The molecule has 0 aromatic heterocycles. The van der Waals surface area contributed by atoms with Crippen molar-refractivity contribution in [3.8, 4) is 0 Å². The molecule has 0 unspecified atom stereocenters. The van der Waals surface area contributed by atoms with E-state index < -0.39 is 11.9 Å². The summed E-state index contributed by atoms with van der Waals surface area (Å²) in [6.45, 7) is 0. The highest BCUT2D eigenvalue weighted by molar-refractivity contribution is 6.17. The Kier molecular flexibility index (Phi) is 5.69. The van der Waals surface area contributed by atoms with Gasteiger partial charge < -0.3 is 9.47 Å². The van der Waals surface area contributed by atoms with Crippen molar-refractivity contribution in [2.24, 2.45) is 5.92 Å². The largest absolute Gasteiger partial charge is 0.465 e. The van der Waals surface area contributed by atoms with Gasteiger partial charge in [0.2, 0.25) is 0 Å². The average Bonchev–Trinajstić information content (AvgIpc) is 3.11. The molecule has 0 atom stereocenters. The molecule has 4 nitrogen and oxygen atoms in total. The van der Waals surface area contributed by atoms with Gasteiger partial charge in [0.25, 0.3) is 0 Å². The molecule has 1 aromatic rings. The van der Waals surface area contributed by atoms with Crippen molar-refractivity contribution in [3.05, 3.63) is 71.3 Å². The van der Waals surface area contributed by atoms with Crippen molar-refractivity contribution < 1.29 is 19.1 Å². The summed E-state index contributed by atoms with van der Waals surface area (Å²) in [5.41, 5.74) is 1.61. The van der Waals surface area contributed by atoms with Crippen LogP contribution in [-0.2, 0) is 19.1 Å². The molecule has 0 amide bonds. The Balaban J connectivity index is 2.15. The number of ether oxygens (including phenoxy) is 2. The predicted octanol–water partition coefficient (Wildman–Crippen LogP) is 3.17. The standard InChI is InChI=1S/C19H18O4/c1-22-18(20)17(19(21)23-2)13-16-11-9-15(10-12-16)8-7-14-5-3-4-6-14/h3-14H,1-2H3/b8-7+. The molecule has 0 fully saturated rings. The van der Waals surface area contributed by atoms with Crippen molar-refractivity contribution >= 4 is 24.1 Å². The van der Waals surface area contributed by atoms with Gasteiger partial charge in [0.1, 0.15) is 5.57 Å². The van der Waals surface area contributed by atoms with Crippen LogP contribution >= 0.6 is 0 Å². The van der Waals surface area contributed by atoms with Crippen molar-refractivity contribution in [2.75, 3.05) is 14.2 Å². The van der Waals surface area contributed by atoms with E-state index in [2.05, 4.69) is 27.7 Å². The molecule has 0 aliphatic heterocycles. The average molecular weight is 310 g/mol. The summed E-state index contributed by atoms with van der Waals surface area (Å²) in [6, 6.07) is 7.48. The molecular formula is C19H18O4. The Hall–Kier alpha value is -2.88. The number of hydrogen-bond donors (Lipinski definition) is 0. The van der Waals surface area contributed by atoms with E-state index >= 15 is 0 Å². The Labute approximate surface area is 135 Å². The Morgan fingerprint density at radius 3 is 1.96 bits per heavy atom. The first kappa shape index (κ1) is 16.5. The van der Waals surface area contributed by atoms with Gasteiger partial charge in [-0.2, -0.15) is 0 Å². The molecule has 4 heteroatoms. The van der Waals surface area contributed by atoms with Crippen molar-refractivity contribution in [1.29, 1.82) is 0 Å². The van der Waals surface area contributed by atoms with Gasteiger partial charge in [0.15, 0.2) is 0 Å². The maximum atomic E-state index is 11.6. The summed E-state index contributed by atoms with van der Waals surface area (Å²) in [5, 5.41) is 0. The summed E-state index contributed by atoms with van der Waals surface area (Å²) < 4.78 is 9.19. The fourth-order valence-electron chi connectivity index (χ4n) is 2.09. The summed E-state index contributed by atoms with van der Waals surface area (Å²) >= 11 is 0. The van der Waals surface area contributed by atoms with E-state index in [0.29, 0.717) is 11.5 Å². The first-order valence-electron chi connectivity index (χ1n) is 7.15. The van der Waals surface area contributed by atoms with Gasteiger partial charge in [-0.05, 0) is 17.2 Å². The van der Waals surface area contributed by atoms with Gasteiger partial charge in [-0.1, -0.05) is 60.7 Å². The van der Waals surface area contributed by atoms with Gasteiger partial charge in [0.05, 0.1) is 14.2 Å². The van der Waals surface area contributed by atoms with Crippen molar-refractivity contribution in [3.63, 3.8) is 0 Å². The normalized spacial score (nSPS) is 13.3. The zero-order valence-electron chi connectivity index (χ0n) is 13.1. The van der Waals surface area contributed by atoms with E-state index in [1.807, 2.05) is 42.5 Å². The Bertz CT molecular complexity index is 661. The van der Waals surface area contributed by atoms with E-state index in [-0.39, 0.29) is 5.57 Å². The Morgan fingerprint density at radius 2 is 1.43 bits per heavy atom. The summed E-state index contributed by atoms with van der Waals surface area (Å²) in [6.07, 6.45) is 13.8. The molecule has 0 spiro atoms. The minimum Gasteiger partial charge on any atom is -0.465 e. The number of methoxy groups -OCH3 is 2. The van der Waals surface area contributed by atoms with Gasteiger partial charge in [0, 0.05) is 5.92 Å². The van der Waals surface area contributed by atoms with Gasteiger partial charge in [-0.25, -0.2) is 9.59 Å². The molecule has 1 aliphatic rings. The fourth-order valence-corrected chi connectivity index (χ4v) is 2.09. The highest BCUT2D eigenvalue weighted by Gasteiger charge is 2.19. The third-order valence-electron chi connectivity index (χ3n) is 3.35. The molecule has 1 aromatic carbocycles. The lowest BCUT2D eigenvalue weighted by atomic mass is 10.1. The van der Waals surface area contributed by atoms with Crippen LogP contribution in [0.25, 0.3) is 12.2 Å². The van der Waals surface area contributed by atoms with Crippen LogP contribution < -0.4 is 0 Å². The summed E-state index contributed by atoms with van der Waals surface area (Å²) in [5.74, 6) is -1.11. The monoisotopic (exact) mass is 310 g/mol. The molecule has 0 saturated heterocycles. The van der Waals surface area contributed by atoms with E-state index in [9.17, 15) is 9.59 Å². The van der Waals surface area contributed by atoms with Gasteiger partial charge in [-0.3, -0.25) is 0 Å². The van der Waals surface area contributed by atoms with Crippen LogP contribution in [0.4, 0.5) is 0 Å². The van der Waals surface area contributed by atoms with E-state index in [0.717, 1.165) is 5.56 Å². The maximum absolute atomic E-state index is 11.6. The Morgan fingerprint density at radius 1 is 0.913 bits per heavy atom. The number of carbonyl (C=O) groups is 2. The molecule has 1 aliphatic carbocycles. The first-order valence-corrected chi connectivity index (χ1v) is 7.15. The van der Waals surface area contributed by atoms with Gasteiger partial charge >= 0.3 is 11.9 Å². The van der Waals surface area contributed by atoms with Crippen LogP contribution in [0, 0.1) is 5.92 Å².